The van der Waals surface area contributed by atoms with Gasteiger partial charge in [-0.25, -0.2) is 0 Å². The predicted octanol–water partition coefficient (Wildman–Crippen LogP) is 1.99. The van der Waals surface area contributed by atoms with Gasteiger partial charge in [-0.15, -0.1) is 12.4 Å². The van der Waals surface area contributed by atoms with Crippen LogP contribution in [0, 0.1) is 6.92 Å². The summed E-state index contributed by atoms with van der Waals surface area (Å²) in [7, 11) is 0. The van der Waals surface area contributed by atoms with Crippen molar-refractivity contribution in [3.8, 4) is 0 Å². The summed E-state index contributed by atoms with van der Waals surface area (Å²) in [5.74, 6) is 0. The summed E-state index contributed by atoms with van der Waals surface area (Å²) in [6, 6.07) is 1.06. The zero-order valence-corrected chi connectivity index (χ0v) is 12.6. The molecule has 0 aromatic carbocycles. The lowest BCUT2D eigenvalue weighted by Gasteiger charge is -2.33. The number of halogens is 1. The fourth-order valence-electron chi connectivity index (χ4n) is 2.28. The van der Waals surface area contributed by atoms with E-state index in [1.165, 1.54) is 11.3 Å². The lowest BCUT2D eigenvalue weighted by atomic mass is 10.1. The maximum absolute atomic E-state index is 4.58. The summed E-state index contributed by atoms with van der Waals surface area (Å²) < 4.78 is 2.07. The Labute approximate surface area is 116 Å². The highest BCUT2D eigenvalue weighted by Gasteiger charge is 2.19. The Kier molecular flexibility index (Phi) is 5.63. The molecule has 0 unspecified atom stereocenters. The second-order valence-corrected chi connectivity index (χ2v) is 5.34. The van der Waals surface area contributed by atoms with Gasteiger partial charge in [0.2, 0.25) is 0 Å². The van der Waals surface area contributed by atoms with Crippen LogP contribution in [0.15, 0.2) is 6.20 Å². The van der Waals surface area contributed by atoms with Crippen LogP contribution in [0.5, 0.6) is 0 Å². The highest BCUT2D eigenvalue weighted by atomic mass is 35.5. The van der Waals surface area contributed by atoms with Crippen molar-refractivity contribution in [2.24, 2.45) is 0 Å². The fourth-order valence-corrected chi connectivity index (χ4v) is 2.28. The molecule has 0 saturated carbocycles. The molecule has 1 N–H and O–H groups in total. The third-order valence-corrected chi connectivity index (χ3v) is 3.56. The molecule has 5 heteroatoms. The fraction of sp³-hybridized carbons (Fsp3) is 0.769. The maximum atomic E-state index is 4.58. The molecule has 4 nitrogen and oxygen atoms in total. The normalized spacial score (nSPS) is 21.1. The van der Waals surface area contributed by atoms with E-state index in [0.717, 1.165) is 26.2 Å². The van der Waals surface area contributed by atoms with Crippen LogP contribution >= 0.6 is 12.4 Å². The first-order valence-corrected chi connectivity index (χ1v) is 6.57. The van der Waals surface area contributed by atoms with E-state index in [-0.39, 0.29) is 12.4 Å². The Morgan fingerprint density at radius 2 is 2.22 bits per heavy atom. The van der Waals surface area contributed by atoms with Crippen LogP contribution in [-0.2, 0) is 6.54 Å². The van der Waals surface area contributed by atoms with Crippen LogP contribution in [0.25, 0.3) is 0 Å². The molecule has 0 spiro atoms. The predicted molar refractivity (Wildman–Crippen MR) is 77.3 cm³/mol. The molecule has 1 aromatic heterocycles. The maximum Gasteiger partial charge on any atom is 0.0638 e. The molecule has 1 saturated heterocycles. The number of nitrogens with one attached hydrogen (secondary N) is 1. The standard InChI is InChI=1S/C13H24N4.ClH/c1-10(2)17-9-13(12(4)15-17)8-16-6-5-14-7-11(16)3;/h9-11,14H,5-8H2,1-4H3;1H/t11-;/m0./s1. The molecule has 0 radical (unpaired) electrons. The molecule has 1 aliphatic rings. The summed E-state index contributed by atoms with van der Waals surface area (Å²) in [6.45, 7) is 13.1. The summed E-state index contributed by atoms with van der Waals surface area (Å²) in [6.07, 6.45) is 2.20. The molecule has 0 aliphatic carbocycles. The van der Waals surface area contributed by atoms with Crippen LogP contribution < -0.4 is 5.32 Å². The lowest BCUT2D eigenvalue weighted by Crippen LogP contribution is -2.49. The Balaban J connectivity index is 0.00000162. The van der Waals surface area contributed by atoms with Crippen molar-refractivity contribution in [2.75, 3.05) is 19.6 Å². The van der Waals surface area contributed by atoms with Gasteiger partial charge in [0.05, 0.1) is 5.69 Å². The average molecular weight is 273 g/mol. The SMILES string of the molecule is Cc1nn(C(C)C)cc1CN1CCNC[C@@H]1C.Cl. The monoisotopic (exact) mass is 272 g/mol. The van der Waals surface area contributed by atoms with Gasteiger partial charge in [0.15, 0.2) is 0 Å². The molecule has 2 heterocycles. The quantitative estimate of drug-likeness (QED) is 0.914. The molecular formula is C13H25ClN4. The first kappa shape index (κ1) is 15.5. The number of hydrogen-bond acceptors (Lipinski definition) is 3. The number of nitrogens with zero attached hydrogens (tertiary/aromatic N) is 3. The average Bonchev–Trinajstić information content (AvgIpc) is 2.64. The van der Waals surface area contributed by atoms with E-state index in [2.05, 4.69) is 53.9 Å². The van der Waals surface area contributed by atoms with Gasteiger partial charge < -0.3 is 5.32 Å². The van der Waals surface area contributed by atoms with Gasteiger partial charge in [-0.2, -0.15) is 5.10 Å². The van der Waals surface area contributed by atoms with Gasteiger partial charge in [-0.05, 0) is 27.7 Å². The molecule has 1 aliphatic heterocycles. The van der Waals surface area contributed by atoms with Crippen LogP contribution in [0.1, 0.15) is 38.1 Å². The Morgan fingerprint density at radius 3 is 2.78 bits per heavy atom. The molecule has 0 amide bonds. The molecule has 1 fully saturated rings. The highest BCUT2D eigenvalue weighted by Crippen LogP contribution is 2.15. The van der Waals surface area contributed by atoms with E-state index in [1.54, 1.807) is 0 Å². The molecule has 0 bridgehead atoms. The number of hydrogen-bond donors (Lipinski definition) is 1. The van der Waals surface area contributed by atoms with Crippen molar-refractivity contribution in [1.29, 1.82) is 0 Å². The Hall–Kier alpha value is -0.580. The minimum atomic E-state index is 0. The zero-order valence-electron chi connectivity index (χ0n) is 11.8. The first-order valence-electron chi connectivity index (χ1n) is 6.57. The largest absolute Gasteiger partial charge is 0.314 e. The van der Waals surface area contributed by atoms with Gasteiger partial charge in [0.25, 0.3) is 0 Å². The molecule has 18 heavy (non-hydrogen) atoms. The second kappa shape index (κ2) is 6.55. The summed E-state index contributed by atoms with van der Waals surface area (Å²) in [5.41, 5.74) is 2.54. The zero-order chi connectivity index (χ0) is 12.4. The van der Waals surface area contributed by atoms with Crippen molar-refractivity contribution in [1.82, 2.24) is 20.0 Å². The molecule has 1 aromatic rings. The van der Waals surface area contributed by atoms with Gasteiger partial charge in [0, 0.05) is 50.0 Å². The van der Waals surface area contributed by atoms with E-state index >= 15 is 0 Å². The van der Waals surface area contributed by atoms with Gasteiger partial charge in [0.1, 0.15) is 0 Å². The number of aromatic nitrogens is 2. The second-order valence-electron chi connectivity index (χ2n) is 5.34. The van der Waals surface area contributed by atoms with Gasteiger partial charge in [-0.1, -0.05) is 0 Å². The van der Waals surface area contributed by atoms with Gasteiger partial charge >= 0.3 is 0 Å². The Bertz CT molecular complexity index is 375. The lowest BCUT2D eigenvalue weighted by molar-refractivity contribution is 0.165. The molecular weight excluding hydrogens is 248 g/mol. The van der Waals surface area contributed by atoms with Crippen molar-refractivity contribution in [3.05, 3.63) is 17.5 Å². The third kappa shape index (κ3) is 3.46. The summed E-state index contributed by atoms with van der Waals surface area (Å²) in [5, 5.41) is 8.00. The van der Waals surface area contributed by atoms with E-state index in [4.69, 9.17) is 0 Å². The van der Waals surface area contributed by atoms with Crippen molar-refractivity contribution >= 4 is 12.4 Å². The smallest absolute Gasteiger partial charge is 0.0638 e. The number of aryl methyl sites for hydroxylation is 1. The van der Waals surface area contributed by atoms with E-state index in [0.29, 0.717) is 12.1 Å². The summed E-state index contributed by atoms with van der Waals surface area (Å²) in [4.78, 5) is 2.53. The van der Waals surface area contributed by atoms with Crippen LogP contribution in [0.2, 0.25) is 0 Å². The molecule has 2 rings (SSSR count). The van der Waals surface area contributed by atoms with Crippen LogP contribution in [-0.4, -0.2) is 40.4 Å². The minimum absolute atomic E-state index is 0. The topological polar surface area (TPSA) is 33.1 Å². The minimum Gasteiger partial charge on any atom is -0.314 e. The van der Waals surface area contributed by atoms with E-state index in [1.807, 2.05) is 0 Å². The molecule has 104 valence electrons. The van der Waals surface area contributed by atoms with Gasteiger partial charge in [-0.3, -0.25) is 9.58 Å². The number of piperazine rings is 1. The van der Waals surface area contributed by atoms with Crippen LogP contribution in [0.4, 0.5) is 0 Å². The van der Waals surface area contributed by atoms with Crippen molar-refractivity contribution < 1.29 is 0 Å². The van der Waals surface area contributed by atoms with Crippen molar-refractivity contribution in [3.63, 3.8) is 0 Å². The van der Waals surface area contributed by atoms with E-state index < -0.39 is 0 Å². The van der Waals surface area contributed by atoms with E-state index in [9.17, 15) is 0 Å². The molecule has 1 atom stereocenters. The van der Waals surface area contributed by atoms with Crippen LogP contribution in [0.3, 0.4) is 0 Å². The highest BCUT2D eigenvalue weighted by molar-refractivity contribution is 5.85. The first-order chi connectivity index (χ1) is 8.08. The van der Waals surface area contributed by atoms with Crippen molar-refractivity contribution in [2.45, 2.75) is 46.3 Å². The summed E-state index contributed by atoms with van der Waals surface area (Å²) >= 11 is 0. The number of rotatable bonds is 3. The third-order valence-electron chi connectivity index (χ3n) is 3.56. The Morgan fingerprint density at radius 1 is 1.50 bits per heavy atom.